The number of allylic oxidation sites excluding steroid dienone is 6. The minimum absolute atomic E-state index is 0.911. The van der Waals surface area contributed by atoms with E-state index in [0.717, 1.165) is 35.5 Å². The molecular formula is C45H68Sn. The molecule has 0 aliphatic heterocycles. The summed E-state index contributed by atoms with van der Waals surface area (Å²) < 4.78 is 6.21. The Balaban J connectivity index is 1.29. The summed E-state index contributed by atoms with van der Waals surface area (Å²) in [6.45, 7) is 0. The molecule has 6 aliphatic carbocycles. The van der Waals surface area contributed by atoms with Crippen LogP contribution < -0.4 is 3.58 Å². The Morgan fingerprint density at radius 1 is 0.391 bits per heavy atom. The van der Waals surface area contributed by atoms with E-state index in [2.05, 4.69) is 48.6 Å². The van der Waals surface area contributed by atoms with Crippen LogP contribution >= 0.6 is 0 Å². The fraction of sp³-hybridized carbons (Fsp3) is 0.733. The molecular weight excluding hydrogens is 659 g/mol. The zero-order chi connectivity index (χ0) is 31.0. The average molecular weight is 728 g/mol. The molecule has 7 rings (SSSR count). The Hall–Kier alpha value is -0.761. The summed E-state index contributed by atoms with van der Waals surface area (Å²) in [5.41, 5.74) is 5.91. The molecule has 0 N–H and O–H groups in total. The Morgan fingerprint density at radius 3 is 0.870 bits per heavy atom. The van der Waals surface area contributed by atoms with Gasteiger partial charge < -0.3 is 0 Å². The predicted octanol–water partition coefficient (Wildman–Crippen LogP) is 13.3. The van der Waals surface area contributed by atoms with E-state index in [-0.39, 0.29) is 0 Å². The van der Waals surface area contributed by atoms with Crippen molar-refractivity contribution in [1.82, 2.24) is 0 Å². The van der Waals surface area contributed by atoms with Gasteiger partial charge in [0, 0.05) is 0 Å². The van der Waals surface area contributed by atoms with Gasteiger partial charge in [0.15, 0.2) is 0 Å². The summed E-state index contributed by atoms with van der Waals surface area (Å²) in [4.78, 5) is 0. The summed E-state index contributed by atoms with van der Waals surface area (Å²) in [6.07, 6.45) is 44.5. The van der Waals surface area contributed by atoms with Gasteiger partial charge in [-0.1, -0.05) is 0 Å². The molecule has 6 saturated carbocycles. The SMILES string of the molecule is C([CH2][Sn]([CH2]C=C(C1CCCC1)C1CCCC1)([CH2]C=C(C1CCCC1)C1CCCC1)[c]1ccccc1)=C(C1CCCC1)C1CCCC1. The quantitative estimate of drug-likeness (QED) is 0.140. The van der Waals surface area contributed by atoms with Crippen LogP contribution in [0.15, 0.2) is 65.3 Å². The molecule has 0 heterocycles. The van der Waals surface area contributed by atoms with Crippen molar-refractivity contribution < 1.29 is 0 Å². The summed E-state index contributed by atoms with van der Waals surface area (Å²) >= 11 is -2.95. The second-order valence-electron chi connectivity index (χ2n) is 17.3. The number of benzene rings is 1. The minimum atomic E-state index is -2.95. The Morgan fingerprint density at radius 2 is 0.630 bits per heavy atom. The molecule has 0 radical (unpaired) electrons. The van der Waals surface area contributed by atoms with E-state index >= 15 is 0 Å². The van der Waals surface area contributed by atoms with Gasteiger partial charge in [-0.3, -0.25) is 0 Å². The van der Waals surface area contributed by atoms with E-state index in [1.165, 1.54) is 167 Å². The maximum atomic E-state index is 3.01. The maximum absolute atomic E-state index is 3.01. The third kappa shape index (κ3) is 8.16. The zero-order valence-corrected chi connectivity index (χ0v) is 32.5. The molecule has 0 aromatic heterocycles. The van der Waals surface area contributed by atoms with E-state index < -0.39 is 18.4 Å². The van der Waals surface area contributed by atoms with Crippen LogP contribution in [0.3, 0.4) is 0 Å². The van der Waals surface area contributed by atoms with Gasteiger partial charge in [0.1, 0.15) is 0 Å². The first-order valence-corrected chi connectivity index (χ1v) is 28.4. The van der Waals surface area contributed by atoms with Gasteiger partial charge in [0.2, 0.25) is 0 Å². The second kappa shape index (κ2) is 16.8. The molecule has 6 aliphatic rings. The van der Waals surface area contributed by atoms with Crippen LogP contribution in [0, 0.1) is 35.5 Å². The van der Waals surface area contributed by atoms with Crippen LogP contribution in [0.4, 0.5) is 0 Å². The first kappa shape index (κ1) is 33.7. The van der Waals surface area contributed by atoms with Crippen LogP contribution in [0.5, 0.6) is 0 Å². The Bertz CT molecular complexity index is 980. The van der Waals surface area contributed by atoms with Crippen molar-refractivity contribution in [2.24, 2.45) is 35.5 Å². The van der Waals surface area contributed by atoms with Crippen molar-refractivity contribution in [3.05, 3.63) is 65.3 Å². The van der Waals surface area contributed by atoms with E-state index in [1.807, 2.05) is 20.3 Å². The van der Waals surface area contributed by atoms with Gasteiger partial charge in [-0.25, -0.2) is 0 Å². The van der Waals surface area contributed by atoms with E-state index in [9.17, 15) is 0 Å². The van der Waals surface area contributed by atoms with Gasteiger partial charge >= 0.3 is 290 Å². The van der Waals surface area contributed by atoms with Gasteiger partial charge in [0.25, 0.3) is 0 Å². The Kier molecular flexibility index (Phi) is 12.3. The zero-order valence-electron chi connectivity index (χ0n) is 29.7. The summed E-state index contributed by atoms with van der Waals surface area (Å²) in [6, 6.07) is 12.4. The van der Waals surface area contributed by atoms with Crippen molar-refractivity contribution in [3.8, 4) is 0 Å². The third-order valence-electron chi connectivity index (χ3n) is 14.5. The monoisotopic (exact) mass is 728 g/mol. The van der Waals surface area contributed by atoms with Crippen molar-refractivity contribution in [1.29, 1.82) is 0 Å². The fourth-order valence-electron chi connectivity index (χ4n) is 11.9. The first-order chi connectivity index (χ1) is 22.8. The van der Waals surface area contributed by atoms with Gasteiger partial charge in [-0.15, -0.1) is 0 Å². The molecule has 0 saturated heterocycles. The van der Waals surface area contributed by atoms with Crippen molar-refractivity contribution in [2.45, 2.75) is 167 Å². The fourth-order valence-corrected chi connectivity index (χ4v) is 23.3. The van der Waals surface area contributed by atoms with Crippen molar-refractivity contribution in [2.75, 3.05) is 0 Å². The van der Waals surface area contributed by atoms with Crippen LogP contribution in [0.2, 0.25) is 13.3 Å². The molecule has 1 aromatic carbocycles. The van der Waals surface area contributed by atoms with Crippen molar-refractivity contribution in [3.63, 3.8) is 0 Å². The molecule has 6 fully saturated rings. The standard InChI is InChI=1S/3C13H21.C6H5.Sn/c3*1-2-13(11-7-3-4-8-11)12-9-5-6-10-12;1-2-4-6-5-3-1;/h3*2,11-12H,1,3-10H2;1-5H;. The summed E-state index contributed by atoms with van der Waals surface area (Å²) in [5.74, 6) is 5.47. The normalized spacial score (nSPS) is 24.3. The molecule has 0 bridgehead atoms. The van der Waals surface area contributed by atoms with Gasteiger partial charge in [-0.2, -0.15) is 0 Å². The molecule has 0 unspecified atom stereocenters. The van der Waals surface area contributed by atoms with Crippen LogP contribution in [-0.4, -0.2) is 18.4 Å². The van der Waals surface area contributed by atoms with E-state index in [4.69, 9.17) is 0 Å². The summed E-state index contributed by atoms with van der Waals surface area (Å²) in [5, 5.41) is 0. The number of hydrogen-bond donors (Lipinski definition) is 0. The van der Waals surface area contributed by atoms with E-state index in [0.29, 0.717) is 0 Å². The molecule has 0 spiro atoms. The molecule has 252 valence electrons. The average Bonchev–Trinajstić information content (AvgIpc) is 3.92. The molecule has 46 heavy (non-hydrogen) atoms. The number of hydrogen-bond acceptors (Lipinski definition) is 0. The molecule has 0 atom stereocenters. The van der Waals surface area contributed by atoms with Crippen LogP contribution in [0.25, 0.3) is 0 Å². The second-order valence-corrected chi connectivity index (χ2v) is 29.7. The first-order valence-electron chi connectivity index (χ1n) is 20.9. The topological polar surface area (TPSA) is 0 Å². The van der Waals surface area contributed by atoms with Crippen molar-refractivity contribution >= 4 is 22.0 Å². The molecule has 0 amide bonds. The summed E-state index contributed by atoms with van der Waals surface area (Å²) in [7, 11) is 0. The van der Waals surface area contributed by atoms with Gasteiger partial charge in [0.05, 0.1) is 0 Å². The van der Waals surface area contributed by atoms with Crippen LogP contribution in [-0.2, 0) is 0 Å². The Labute approximate surface area is 288 Å². The van der Waals surface area contributed by atoms with Crippen LogP contribution in [0.1, 0.15) is 154 Å². The third-order valence-corrected chi connectivity index (χ3v) is 27.4. The molecule has 1 aromatic rings. The van der Waals surface area contributed by atoms with E-state index in [1.54, 1.807) is 0 Å². The number of rotatable bonds is 13. The molecule has 1 heteroatoms. The molecule has 0 nitrogen and oxygen atoms in total. The predicted molar refractivity (Wildman–Crippen MR) is 202 cm³/mol. The van der Waals surface area contributed by atoms with Gasteiger partial charge in [-0.05, 0) is 0 Å².